The maximum Gasteiger partial charge on any atom is 0.229 e. The van der Waals surface area contributed by atoms with Gasteiger partial charge in [-0.05, 0) is 23.8 Å². The number of hydrogen-bond donors (Lipinski definition) is 9. The lowest BCUT2D eigenvalue weighted by atomic mass is 9.99. The van der Waals surface area contributed by atoms with Crippen LogP contribution in [0, 0.1) is 0 Å². The molecule has 1 saturated heterocycles. The van der Waals surface area contributed by atoms with E-state index >= 15 is 0 Å². The van der Waals surface area contributed by atoms with Crippen LogP contribution in [0.2, 0.25) is 0 Å². The third-order valence-corrected chi connectivity index (χ3v) is 4.92. The van der Waals surface area contributed by atoms with Crippen LogP contribution in [0.25, 0.3) is 6.08 Å². The van der Waals surface area contributed by atoms with E-state index in [4.69, 9.17) is 9.47 Å². The lowest BCUT2D eigenvalue weighted by Crippen LogP contribution is -2.60. The van der Waals surface area contributed by atoms with E-state index in [1.165, 1.54) is 0 Å². The van der Waals surface area contributed by atoms with E-state index < -0.39 is 83.2 Å². The minimum Gasteiger partial charge on any atom is -0.508 e. The summed E-state index contributed by atoms with van der Waals surface area (Å²) in [6.45, 7) is -0.725. The third kappa shape index (κ3) is 4.94. The molecule has 2 aromatic rings. The zero-order valence-electron chi connectivity index (χ0n) is 16.8. The molecule has 33 heavy (non-hydrogen) atoms. The van der Waals surface area contributed by atoms with Gasteiger partial charge in [0.2, 0.25) is 6.29 Å². The average Bonchev–Trinajstić information content (AvgIpc) is 2.75. The van der Waals surface area contributed by atoms with Gasteiger partial charge in [0.1, 0.15) is 47.2 Å². The van der Waals surface area contributed by atoms with Crippen LogP contribution in [0.5, 0.6) is 34.5 Å². The summed E-state index contributed by atoms with van der Waals surface area (Å²) in [5, 5.41) is 87.7. The molecule has 0 bridgehead atoms. The van der Waals surface area contributed by atoms with Crippen molar-refractivity contribution < 1.29 is 60.2 Å². The molecule has 1 aliphatic rings. The molecule has 1 aliphatic heterocycles. The average molecular weight is 466 g/mol. The fourth-order valence-electron chi connectivity index (χ4n) is 3.19. The molecule has 12 nitrogen and oxygen atoms in total. The molecule has 1 fully saturated rings. The van der Waals surface area contributed by atoms with E-state index in [1.54, 1.807) is 0 Å². The molecule has 1 heterocycles. The largest absolute Gasteiger partial charge is 0.508 e. The van der Waals surface area contributed by atoms with Crippen LogP contribution in [0.1, 0.15) is 15.9 Å². The Hall–Kier alpha value is -3.55. The number of carbonyl (C=O) groups is 1. The first-order valence-electron chi connectivity index (χ1n) is 9.54. The molecule has 5 atom stereocenters. The summed E-state index contributed by atoms with van der Waals surface area (Å²) < 4.78 is 10.6. The maximum absolute atomic E-state index is 12.8. The molecule has 2 aromatic carbocycles. The standard InChI is InChI=1S/C21H22O12/c22-7-15-18(29)19(30)20(31)21(33-15)32-14-6-9(23)5-11(25)16(14)10(24)2-1-8-3-12(26)17(28)13(27)4-8/h1-6,15,18-23,25-31H,7H2/b2-1+/t15-,18-,19+,20-,21-/m1/s1. The zero-order chi connectivity index (χ0) is 24.4. The molecule has 0 amide bonds. The summed E-state index contributed by atoms with van der Waals surface area (Å²) in [6, 6.07) is 3.89. The van der Waals surface area contributed by atoms with Crippen molar-refractivity contribution in [1.29, 1.82) is 0 Å². The number of allylic oxidation sites excluding steroid dienone is 1. The van der Waals surface area contributed by atoms with Crippen molar-refractivity contribution in [2.24, 2.45) is 0 Å². The maximum atomic E-state index is 12.8. The van der Waals surface area contributed by atoms with Crippen LogP contribution in [0.4, 0.5) is 0 Å². The van der Waals surface area contributed by atoms with Gasteiger partial charge < -0.3 is 55.4 Å². The summed E-state index contributed by atoms with van der Waals surface area (Å²) in [5.41, 5.74) is -0.362. The van der Waals surface area contributed by atoms with Crippen LogP contribution in [-0.2, 0) is 4.74 Å². The molecular formula is C21H22O12. The van der Waals surface area contributed by atoms with Crippen molar-refractivity contribution >= 4 is 11.9 Å². The van der Waals surface area contributed by atoms with Crippen LogP contribution in [0.15, 0.2) is 30.3 Å². The van der Waals surface area contributed by atoms with Gasteiger partial charge in [0.25, 0.3) is 0 Å². The topological polar surface area (TPSA) is 218 Å². The SMILES string of the molecule is O=C(/C=C/c1cc(O)c(O)c(O)c1)c1c(O)cc(O)cc1O[C@@H]1O[C@H](CO)[C@@H](O)[C@H](O)[C@H]1O. The predicted octanol–water partition coefficient (Wildman–Crippen LogP) is -0.711. The van der Waals surface area contributed by atoms with E-state index in [0.29, 0.717) is 0 Å². The molecular weight excluding hydrogens is 444 g/mol. The summed E-state index contributed by atoms with van der Waals surface area (Å²) in [7, 11) is 0. The molecule has 0 radical (unpaired) electrons. The minimum atomic E-state index is -1.81. The third-order valence-electron chi connectivity index (χ3n) is 4.92. The molecule has 0 unspecified atom stereocenters. The van der Waals surface area contributed by atoms with Gasteiger partial charge in [-0.25, -0.2) is 0 Å². The van der Waals surface area contributed by atoms with Crippen molar-refractivity contribution in [2.75, 3.05) is 6.61 Å². The first kappa shape index (κ1) is 24.1. The molecule has 3 rings (SSSR count). The molecule has 9 N–H and O–H groups in total. The highest BCUT2D eigenvalue weighted by atomic mass is 16.7. The van der Waals surface area contributed by atoms with Crippen molar-refractivity contribution in [2.45, 2.75) is 30.7 Å². The highest BCUT2D eigenvalue weighted by Gasteiger charge is 2.45. The lowest BCUT2D eigenvalue weighted by Gasteiger charge is -2.39. The van der Waals surface area contributed by atoms with Gasteiger partial charge in [-0.1, -0.05) is 6.08 Å². The van der Waals surface area contributed by atoms with Crippen molar-refractivity contribution in [3.8, 4) is 34.5 Å². The minimum absolute atomic E-state index is 0.117. The Balaban J connectivity index is 1.91. The van der Waals surface area contributed by atoms with Crippen LogP contribution >= 0.6 is 0 Å². The van der Waals surface area contributed by atoms with Gasteiger partial charge >= 0.3 is 0 Å². The first-order chi connectivity index (χ1) is 15.5. The van der Waals surface area contributed by atoms with Gasteiger partial charge in [0, 0.05) is 12.1 Å². The summed E-state index contributed by atoms with van der Waals surface area (Å²) in [5.74, 6) is -4.57. The highest BCUT2D eigenvalue weighted by molar-refractivity contribution is 6.10. The van der Waals surface area contributed by atoms with Gasteiger partial charge in [-0.15, -0.1) is 0 Å². The number of aromatic hydroxyl groups is 5. The number of ketones is 1. The molecule has 178 valence electrons. The highest BCUT2D eigenvalue weighted by Crippen LogP contribution is 2.37. The molecule has 12 heteroatoms. The monoisotopic (exact) mass is 466 g/mol. The van der Waals surface area contributed by atoms with E-state index in [-0.39, 0.29) is 5.56 Å². The second kappa shape index (κ2) is 9.52. The summed E-state index contributed by atoms with van der Waals surface area (Å²) in [4.78, 5) is 12.8. The number of carbonyl (C=O) groups excluding carboxylic acids is 1. The van der Waals surface area contributed by atoms with Gasteiger partial charge in [0.15, 0.2) is 23.0 Å². The van der Waals surface area contributed by atoms with E-state index in [0.717, 1.165) is 36.4 Å². The predicted molar refractivity (Wildman–Crippen MR) is 109 cm³/mol. The number of aliphatic hydroxyl groups is 4. The van der Waals surface area contributed by atoms with Crippen molar-refractivity contribution in [3.05, 3.63) is 41.5 Å². The first-order valence-corrected chi connectivity index (χ1v) is 9.54. The normalized spacial score (nSPS) is 25.3. The van der Waals surface area contributed by atoms with Crippen LogP contribution in [-0.4, -0.2) is 89.1 Å². The number of ether oxygens (including phenoxy) is 2. The molecule has 0 saturated carbocycles. The number of aliphatic hydroxyl groups excluding tert-OH is 4. The van der Waals surface area contributed by atoms with Crippen molar-refractivity contribution in [1.82, 2.24) is 0 Å². The van der Waals surface area contributed by atoms with Crippen LogP contribution in [0.3, 0.4) is 0 Å². The Bertz CT molecular complexity index is 1040. The molecule has 0 aromatic heterocycles. The van der Waals surface area contributed by atoms with Gasteiger partial charge in [-0.3, -0.25) is 4.79 Å². The molecule has 0 spiro atoms. The fourth-order valence-corrected chi connectivity index (χ4v) is 3.19. The Morgan fingerprint density at radius 3 is 2.15 bits per heavy atom. The summed E-state index contributed by atoms with van der Waals surface area (Å²) >= 11 is 0. The Morgan fingerprint density at radius 1 is 0.909 bits per heavy atom. The Morgan fingerprint density at radius 2 is 1.55 bits per heavy atom. The zero-order valence-corrected chi connectivity index (χ0v) is 16.8. The number of benzene rings is 2. The second-order valence-electron chi connectivity index (χ2n) is 7.26. The lowest BCUT2D eigenvalue weighted by molar-refractivity contribution is -0.277. The van der Waals surface area contributed by atoms with Gasteiger partial charge in [0.05, 0.1) is 6.61 Å². The van der Waals surface area contributed by atoms with E-state index in [2.05, 4.69) is 0 Å². The van der Waals surface area contributed by atoms with Crippen LogP contribution < -0.4 is 4.74 Å². The quantitative estimate of drug-likeness (QED) is 0.146. The summed E-state index contributed by atoms with van der Waals surface area (Å²) in [6.07, 6.45) is -6.14. The van der Waals surface area contributed by atoms with Gasteiger partial charge in [-0.2, -0.15) is 0 Å². The number of rotatable bonds is 6. The van der Waals surface area contributed by atoms with E-state index in [1.807, 2.05) is 0 Å². The Kier molecular flexibility index (Phi) is 6.95. The smallest absolute Gasteiger partial charge is 0.229 e. The molecule has 0 aliphatic carbocycles. The van der Waals surface area contributed by atoms with E-state index in [9.17, 15) is 50.8 Å². The second-order valence-corrected chi connectivity index (χ2v) is 7.26. The Labute approximate surface area is 186 Å². The number of hydrogen-bond acceptors (Lipinski definition) is 12. The van der Waals surface area contributed by atoms with Crippen molar-refractivity contribution in [3.63, 3.8) is 0 Å². The number of phenols is 5. The fraction of sp³-hybridized carbons (Fsp3) is 0.286. The number of phenolic OH excluding ortho intramolecular Hbond substituents is 5.